The van der Waals surface area contributed by atoms with Crippen LogP contribution in [0.15, 0.2) is 31.7 Å². The molecule has 4 heterocycles. The fourth-order valence-electron chi connectivity index (χ4n) is 2.50. The number of carbonyl (C=O) groups excluding carboxylic acids is 2. The number of rotatable bonds is 10. The third-order valence-corrected chi connectivity index (χ3v) is 6.13. The van der Waals surface area contributed by atoms with E-state index in [2.05, 4.69) is 35.3 Å². The lowest BCUT2D eigenvalue weighted by molar-refractivity contribution is -0.150. The maximum atomic E-state index is 13.8. The summed E-state index contributed by atoms with van der Waals surface area (Å²) >= 11 is -0.590. The molecule has 0 unspecified atom stereocenters. The van der Waals surface area contributed by atoms with Crippen molar-refractivity contribution in [2.45, 2.75) is 16.5 Å². The number of oxime groups is 1. The summed E-state index contributed by atoms with van der Waals surface area (Å²) in [5.74, 6) is -7.18. The highest BCUT2D eigenvalue weighted by molar-refractivity contribution is 8.01. The van der Waals surface area contributed by atoms with Gasteiger partial charge in [-0.2, -0.15) is 4.98 Å². The van der Waals surface area contributed by atoms with Gasteiger partial charge in [-0.25, -0.2) is 14.5 Å². The van der Waals surface area contributed by atoms with E-state index in [1.165, 1.54) is 0 Å². The molecular weight excluding hydrogens is 536 g/mol. The van der Waals surface area contributed by atoms with Crippen LogP contribution in [0.2, 0.25) is 4.24 Å². The van der Waals surface area contributed by atoms with Crippen LogP contribution in [0.5, 0.6) is 5.88 Å². The Bertz CT molecular complexity index is 2030. The van der Waals surface area contributed by atoms with E-state index in [0.29, 0.717) is 0 Å². The number of aromatic hydroxyl groups is 1. The van der Waals surface area contributed by atoms with Crippen LogP contribution in [0.1, 0.15) is 23.5 Å². The molecular formula is C18H18N8O7S3. The number of nitrogens with one attached hydrogen (secondary N) is 1. The number of fused-ring (bicyclic) bond motifs is 1. The SMILES string of the molecule is [2H]OC(=O)C1=C(C([2H])([2H])Sc2nc(=O)c(O[2H])nn2C([2H])([2H])[2H])C([2H])([2H])S[C@@]2([2H])N1C(=O)[C@@]2([2H])N([2H])C(=O)/C(=N\OC([2H])([2H])[2H])c1nc(N([2H])[2H])sc1[2H]. The number of nitrogens with two attached hydrogens (primary N) is 1. The fraction of sp³-hybridized carbons (Fsp3) is 0.333. The van der Waals surface area contributed by atoms with Gasteiger partial charge < -0.3 is 26.1 Å². The second-order valence-electron chi connectivity index (χ2n) is 6.03. The van der Waals surface area contributed by atoms with E-state index in [1.54, 1.807) is 0 Å². The van der Waals surface area contributed by atoms with E-state index in [9.17, 15) is 19.2 Å². The molecule has 0 aromatic carbocycles. The summed E-state index contributed by atoms with van der Waals surface area (Å²) in [4.78, 5) is 63.8. The number of thioether (sulfide) groups is 2. The number of thiazole rings is 1. The van der Waals surface area contributed by atoms with Crippen LogP contribution in [-0.2, 0) is 26.2 Å². The number of hydrogen-bond donors (Lipinski definition) is 4. The maximum absolute atomic E-state index is 13.8. The summed E-state index contributed by atoms with van der Waals surface area (Å²) in [6, 6.07) is -3.68. The summed E-state index contributed by atoms with van der Waals surface area (Å²) in [5.41, 5.74) is -14.0. The number of aryl methyl sites for hydroxylation is 1. The standard InChI is InChI=1S/C18H18N8O7S3/c1-25-18(22-12(28)13(29)23-25)36-4-6-3-34-15-9(14(30)26(15)10(6)16(31)32)21-11(27)8(24-33-2)7-5-35-17(19)20-7/h5,9,15H,3-4H2,1-2H3,(H2,19,20)(H,21,27)(H,23,29)(H,31,32)/b24-8-/t9-,15-/m1/s1/i1D3,2D3,3D2,4D2,5D,9D,15D/hD5. The number of nitrogen functional groups attached to an aromatic ring is 1. The molecule has 36 heavy (non-hydrogen) atoms. The van der Waals surface area contributed by atoms with E-state index in [-0.39, 0.29) is 38.4 Å². The van der Waals surface area contributed by atoms with Gasteiger partial charge in [-0.15, -0.1) is 28.2 Å². The molecule has 18 heteroatoms. The van der Waals surface area contributed by atoms with Crippen molar-refractivity contribution in [2.75, 3.05) is 24.2 Å². The first-order valence-electron chi connectivity index (χ1n) is 17.3. The van der Waals surface area contributed by atoms with E-state index < -0.39 is 121 Å². The molecule has 1 saturated heterocycles. The molecule has 190 valence electrons. The monoisotopic (exact) mass is 572 g/mol. The largest absolute Gasteiger partial charge is 0.488 e. The molecule has 2 atom stereocenters. The highest BCUT2D eigenvalue weighted by atomic mass is 32.2. The molecule has 2 amide bonds. The van der Waals surface area contributed by atoms with Crippen LogP contribution in [-0.4, -0.2) is 89.6 Å². The molecule has 2 aromatic rings. The summed E-state index contributed by atoms with van der Waals surface area (Å²) < 4.78 is 142. The zero-order valence-electron chi connectivity index (χ0n) is 34.7. The van der Waals surface area contributed by atoms with E-state index >= 15 is 0 Å². The number of nitrogens with zero attached hydrogens (tertiary/aromatic N) is 6. The Morgan fingerprint density at radius 1 is 1.64 bits per heavy atom. The fourth-order valence-corrected chi connectivity index (χ4v) is 4.47. The van der Waals surface area contributed by atoms with Crippen molar-refractivity contribution in [1.82, 2.24) is 30.0 Å². The zero-order valence-corrected chi connectivity index (χ0v) is 19.1. The number of anilines is 1. The van der Waals surface area contributed by atoms with Gasteiger partial charge in [0, 0.05) is 33.3 Å². The number of aromatic nitrogens is 4. The molecule has 4 rings (SSSR count). The summed E-state index contributed by atoms with van der Waals surface area (Å²) in [7, 11) is -3.39. The topological polar surface area (TPSA) is 215 Å². The average Bonchev–Trinajstić information content (AvgIpc) is 3.42. The Morgan fingerprint density at radius 3 is 3.25 bits per heavy atom. The van der Waals surface area contributed by atoms with Crippen LogP contribution < -0.4 is 16.6 Å². The molecule has 2 aliphatic rings. The minimum atomic E-state index is -3.68. The maximum Gasteiger partial charge on any atom is 0.352 e. The Balaban J connectivity index is 1.88. The van der Waals surface area contributed by atoms with Crippen LogP contribution in [0, 0.1) is 0 Å². The normalized spacial score (nSPS) is 33.1. The number of carboxylic acids is 1. The molecule has 0 bridgehead atoms. The highest BCUT2D eigenvalue weighted by Gasteiger charge is 2.54. The number of carboxylic acid groups (broad SMARTS) is 1. The van der Waals surface area contributed by atoms with Crippen molar-refractivity contribution in [3.8, 4) is 5.88 Å². The molecule has 15 nitrogen and oxygen atoms in total. The first-order valence-corrected chi connectivity index (χ1v) is 11.1. The van der Waals surface area contributed by atoms with Gasteiger partial charge in [-0.3, -0.25) is 19.3 Å². The summed E-state index contributed by atoms with van der Waals surface area (Å²) in [5, 5.41) is 7.60. The van der Waals surface area contributed by atoms with E-state index in [4.69, 9.17) is 24.9 Å². The third kappa shape index (κ3) is 4.73. The molecule has 0 radical (unpaired) electrons. The lowest BCUT2D eigenvalue weighted by atomic mass is 10.0. The number of aliphatic carboxylic acids is 1. The Kier molecular flexibility index (Phi) is 3.15. The van der Waals surface area contributed by atoms with Crippen LogP contribution in [0.4, 0.5) is 5.13 Å². The molecule has 2 aliphatic heterocycles. The Hall–Kier alpha value is -3.64. The quantitative estimate of drug-likeness (QED) is 0.114. The lowest BCUT2D eigenvalue weighted by Gasteiger charge is -2.49. The summed E-state index contributed by atoms with van der Waals surface area (Å²) in [6.07, 6.45) is 0. The minimum Gasteiger partial charge on any atom is -0.488 e. The summed E-state index contributed by atoms with van der Waals surface area (Å²) in [6.45, 7) is -3.36. The van der Waals surface area contributed by atoms with Crippen LogP contribution in [0.3, 0.4) is 0 Å². The van der Waals surface area contributed by atoms with E-state index in [0.717, 1.165) is 0 Å². The van der Waals surface area contributed by atoms with Gasteiger partial charge in [-0.05, 0) is 5.57 Å². The minimum absolute atomic E-state index is 0.0639. The molecule has 0 saturated carbocycles. The first-order chi connectivity index (χ1) is 24.5. The first kappa shape index (κ1) is 11.2. The molecule has 2 aromatic heterocycles. The van der Waals surface area contributed by atoms with Crippen LogP contribution in [0.25, 0.3) is 1.43 Å². The average molecular weight is 573 g/mol. The predicted molar refractivity (Wildman–Crippen MR) is 129 cm³/mol. The van der Waals surface area contributed by atoms with Crippen molar-refractivity contribution < 1.29 is 51.5 Å². The van der Waals surface area contributed by atoms with Crippen molar-refractivity contribution in [3.63, 3.8) is 0 Å². The smallest absolute Gasteiger partial charge is 0.352 e. The Labute approximate surface area is 240 Å². The number of hydrogen-bond acceptors (Lipinski definition) is 15. The number of amides is 2. The molecule has 0 aliphatic carbocycles. The number of carbonyl (C=O) groups is 3. The second kappa shape index (κ2) is 10.2. The van der Waals surface area contributed by atoms with Gasteiger partial charge in [0.2, 0.25) is 0 Å². The van der Waals surface area contributed by atoms with Gasteiger partial charge in [0.05, 0.1) is 8.22 Å². The Morgan fingerprint density at radius 2 is 2.53 bits per heavy atom. The molecule has 5 N–H and O–H groups in total. The van der Waals surface area contributed by atoms with Gasteiger partial charge in [0.1, 0.15) is 29.8 Å². The zero-order chi connectivity index (χ0) is 41.3. The second-order valence-corrected chi connectivity index (χ2v) is 8.37. The molecule has 0 spiro atoms. The van der Waals surface area contributed by atoms with Crippen molar-refractivity contribution >= 4 is 63.5 Å². The highest BCUT2D eigenvalue weighted by Crippen LogP contribution is 2.41. The van der Waals surface area contributed by atoms with Crippen molar-refractivity contribution in [3.05, 3.63) is 32.7 Å². The van der Waals surface area contributed by atoms with Gasteiger partial charge in [0.15, 0.2) is 20.2 Å². The lowest BCUT2D eigenvalue weighted by Crippen LogP contribution is -2.71. The number of β-lactam (4-membered cyclic amide) rings is 1. The van der Waals surface area contributed by atoms with Gasteiger partial charge in [0.25, 0.3) is 20.6 Å². The molecule has 1 fully saturated rings. The third-order valence-electron chi connectivity index (χ3n) is 3.93. The van der Waals surface area contributed by atoms with Gasteiger partial charge >= 0.3 is 11.5 Å². The van der Waals surface area contributed by atoms with Crippen molar-refractivity contribution in [2.24, 2.45) is 12.1 Å². The predicted octanol–water partition coefficient (Wildman–Crippen LogP) is -1.20. The van der Waals surface area contributed by atoms with Crippen molar-refractivity contribution in [1.29, 1.82) is 2.86 Å². The van der Waals surface area contributed by atoms with Gasteiger partial charge in [-0.1, -0.05) is 16.9 Å². The van der Waals surface area contributed by atoms with E-state index in [1.807, 2.05) is 0 Å². The van der Waals surface area contributed by atoms with Crippen LogP contribution >= 0.6 is 34.9 Å².